The van der Waals surface area contributed by atoms with E-state index in [1.165, 1.54) is 7.11 Å². The van der Waals surface area contributed by atoms with Gasteiger partial charge in [0, 0.05) is 29.8 Å². The van der Waals surface area contributed by atoms with E-state index in [0.29, 0.717) is 48.8 Å². The minimum atomic E-state index is -0.692. The first-order valence-corrected chi connectivity index (χ1v) is 13.8. The molecule has 214 valence electrons. The lowest BCUT2D eigenvalue weighted by atomic mass is 9.98. The molecular weight excluding hydrogens is 530 g/mol. The summed E-state index contributed by atoms with van der Waals surface area (Å²) in [5, 5.41) is 6.54. The molecule has 1 heterocycles. The molecule has 1 atom stereocenters. The van der Waals surface area contributed by atoms with Crippen molar-refractivity contribution in [3.8, 4) is 5.75 Å². The van der Waals surface area contributed by atoms with Crippen LogP contribution in [0.1, 0.15) is 32.9 Å². The van der Waals surface area contributed by atoms with Crippen molar-refractivity contribution in [2.75, 3.05) is 25.6 Å². The lowest BCUT2D eigenvalue weighted by molar-refractivity contribution is -0.141. The Morgan fingerprint density at radius 3 is 2.45 bits per heavy atom. The van der Waals surface area contributed by atoms with E-state index in [4.69, 9.17) is 13.9 Å². The topological polar surface area (TPSA) is 103 Å². The number of ketones is 1. The summed E-state index contributed by atoms with van der Waals surface area (Å²) in [5.41, 5.74) is 5.15. The van der Waals surface area contributed by atoms with Gasteiger partial charge in [-0.25, -0.2) is 9.78 Å². The third kappa shape index (κ3) is 7.21. The maximum Gasteiger partial charge on any atom is 0.328 e. The Bertz CT molecular complexity index is 1610. The number of esters is 1. The van der Waals surface area contributed by atoms with Gasteiger partial charge in [-0.2, -0.15) is 0 Å². The standard InChI is InChI=1S/C34H33N3O5/c1-23-12-17-28(27(20-23)33(38)25-8-4-3-5-9-25)36-30(34(39)40-2)21-24-13-15-26(16-14-24)41-19-18-35-22-32-37-29-10-6-7-11-31(29)42-32/h3-17,20,30,35-36H,18-19,21-22H2,1-2H3. The number of hydrogen-bond acceptors (Lipinski definition) is 8. The van der Waals surface area contributed by atoms with Gasteiger partial charge >= 0.3 is 5.97 Å². The lowest BCUT2D eigenvalue weighted by Crippen LogP contribution is -2.33. The number of ether oxygens (including phenoxy) is 2. The van der Waals surface area contributed by atoms with E-state index in [1.807, 2.05) is 91.9 Å². The summed E-state index contributed by atoms with van der Waals surface area (Å²) < 4.78 is 16.7. The van der Waals surface area contributed by atoms with E-state index in [1.54, 1.807) is 12.1 Å². The van der Waals surface area contributed by atoms with Crippen LogP contribution < -0.4 is 15.4 Å². The van der Waals surface area contributed by atoms with Crippen LogP contribution in [0.2, 0.25) is 0 Å². The Balaban J connectivity index is 1.17. The summed E-state index contributed by atoms with van der Waals surface area (Å²) in [6.45, 7) is 3.53. The number of hydrogen-bond donors (Lipinski definition) is 2. The van der Waals surface area contributed by atoms with Crippen LogP contribution in [0.15, 0.2) is 101 Å². The number of fused-ring (bicyclic) bond motifs is 1. The highest BCUT2D eigenvalue weighted by Crippen LogP contribution is 2.24. The second-order valence-electron chi connectivity index (χ2n) is 9.91. The highest BCUT2D eigenvalue weighted by Gasteiger charge is 2.23. The highest BCUT2D eigenvalue weighted by molar-refractivity contribution is 6.12. The van der Waals surface area contributed by atoms with Gasteiger partial charge in [-0.3, -0.25) is 4.79 Å². The van der Waals surface area contributed by atoms with Crippen LogP contribution in [-0.2, 0) is 22.5 Å². The summed E-state index contributed by atoms with van der Waals surface area (Å²) in [5.74, 6) is 0.824. The average molecular weight is 564 g/mol. The predicted octanol–water partition coefficient (Wildman–Crippen LogP) is 5.73. The van der Waals surface area contributed by atoms with Crippen molar-refractivity contribution in [1.82, 2.24) is 10.3 Å². The van der Waals surface area contributed by atoms with Crippen LogP contribution in [0.5, 0.6) is 5.75 Å². The SMILES string of the molecule is COC(=O)C(Cc1ccc(OCCNCc2nc3ccccc3o2)cc1)Nc1ccc(C)cc1C(=O)c1ccccc1. The number of nitrogens with one attached hydrogen (secondary N) is 2. The summed E-state index contributed by atoms with van der Waals surface area (Å²) in [7, 11) is 1.36. The summed E-state index contributed by atoms with van der Waals surface area (Å²) >= 11 is 0. The molecule has 0 spiro atoms. The summed E-state index contributed by atoms with van der Waals surface area (Å²) in [6.07, 6.45) is 0.367. The molecule has 0 aliphatic carbocycles. The van der Waals surface area contributed by atoms with Crippen LogP contribution in [-0.4, -0.2) is 43.0 Å². The molecule has 0 fully saturated rings. The maximum atomic E-state index is 13.3. The van der Waals surface area contributed by atoms with Gasteiger partial charge in [-0.15, -0.1) is 0 Å². The smallest absolute Gasteiger partial charge is 0.328 e. The molecule has 1 aromatic heterocycles. The van der Waals surface area contributed by atoms with Crippen LogP contribution in [0.3, 0.4) is 0 Å². The number of nitrogens with zero attached hydrogens (tertiary/aromatic N) is 1. The van der Waals surface area contributed by atoms with Crippen LogP contribution in [0.4, 0.5) is 5.69 Å². The Morgan fingerprint density at radius 1 is 0.929 bits per heavy atom. The first-order chi connectivity index (χ1) is 20.5. The molecule has 8 heteroatoms. The van der Waals surface area contributed by atoms with Gasteiger partial charge in [-0.1, -0.05) is 66.2 Å². The molecule has 5 aromatic rings. The second-order valence-corrected chi connectivity index (χ2v) is 9.91. The number of carbonyl (C=O) groups excluding carboxylic acids is 2. The van der Waals surface area contributed by atoms with Crippen molar-refractivity contribution < 1.29 is 23.5 Å². The molecule has 2 N–H and O–H groups in total. The zero-order valence-electron chi connectivity index (χ0n) is 23.6. The number of aromatic nitrogens is 1. The van der Waals surface area contributed by atoms with Gasteiger partial charge in [0.15, 0.2) is 11.4 Å². The van der Waals surface area contributed by atoms with Crippen molar-refractivity contribution >= 4 is 28.5 Å². The van der Waals surface area contributed by atoms with Crippen molar-refractivity contribution in [1.29, 1.82) is 0 Å². The molecule has 0 aliphatic heterocycles. The van der Waals surface area contributed by atoms with Gasteiger partial charge in [0.1, 0.15) is 23.9 Å². The van der Waals surface area contributed by atoms with Crippen molar-refractivity contribution in [2.45, 2.75) is 25.9 Å². The van der Waals surface area contributed by atoms with Gasteiger partial charge in [0.25, 0.3) is 0 Å². The number of aryl methyl sites for hydroxylation is 1. The van der Waals surface area contributed by atoms with Crippen LogP contribution >= 0.6 is 0 Å². The number of rotatable bonds is 13. The van der Waals surface area contributed by atoms with Gasteiger partial charge in [0.05, 0.1) is 13.7 Å². The van der Waals surface area contributed by atoms with E-state index in [9.17, 15) is 9.59 Å². The van der Waals surface area contributed by atoms with Gasteiger partial charge in [0.2, 0.25) is 5.89 Å². The first-order valence-electron chi connectivity index (χ1n) is 13.8. The number of para-hydroxylation sites is 2. The van der Waals surface area contributed by atoms with E-state index < -0.39 is 12.0 Å². The fourth-order valence-electron chi connectivity index (χ4n) is 4.63. The van der Waals surface area contributed by atoms with Crippen LogP contribution in [0, 0.1) is 6.92 Å². The van der Waals surface area contributed by atoms with Crippen molar-refractivity contribution in [2.24, 2.45) is 0 Å². The molecule has 4 aromatic carbocycles. The molecule has 0 bridgehead atoms. The Labute approximate surface area is 244 Å². The van der Waals surface area contributed by atoms with E-state index in [0.717, 1.165) is 28.0 Å². The number of anilines is 1. The zero-order valence-corrected chi connectivity index (χ0v) is 23.6. The molecule has 0 saturated heterocycles. The third-order valence-corrected chi connectivity index (χ3v) is 6.80. The molecular formula is C34H33N3O5. The average Bonchev–Trinajstić information content (AvgIpc) is 3.44. The largest absolute Gasteiger partial charge is 0.492 e. The molecule has 42 heavy (non-hydrogen) atoms. The summed E-state index contributed by atoms with van der Waals surface area (Å²) in [4.78, 5) is 30.5. The first kappa shape index (κ1) is 28.6. The Kier molecular flexibility index (Phi) is 9.26. The molecule has 0 amide bonds. The minimum absolute atomic E-state index is 0.116. The third-order valence-electron chi connectivity index (χ3n) is 6.80. The molecule has 0 radical (unpaired) electrons. The van der Waals surface area contributed by atoms with Crippen molar-refractivity contribution in [3.05, 3.63) is 125 Å². The summed E-state index contributed by atoms with van der Waals surface area (Å²) in [6, 6.07) is 29.2. The fourth-order valence-corrected chi connectivity index (χ4v) is 4.63. The normalized spacial score (nSPS) is 11.7. The number of oxazole rings is 1. The number of methoxy groups -OCH3 is 1. The number of benzene rings is 4. The van der Waals surface area contributed by atoms with Gasteiger partial charge < -0.3 is 24.5 Å². The quantitative estimate of drug-likeness (QED) is 0.106. The van der Waals surface area contributed by atoms with Crippen molar-refractivity contribution in [3.63, 3.8) is 0 Å². The Morgan fingerprint density at radius 2 is 1.69 bits per heavy atom. The molecule has 8 nitrogen and oxygen atoms in total. The lowest BCUT2D eigenvalue weighted by Gasteiger charge is -2.20. The van der Waals surface area contributed by atoms with Gasteiger partial charge in [-0.05, 0) is 48.9 Å². The molecule has 0 saturated carbocycles. The van der Waals surface area contributed by atoms with E-state index in [2.05, 4.69) is 15.6 Å². The van der Waals surface area contributed by atoms with E-state index in [-0.39, 0.29) is 5.78 Å². The zero-order chi connectivity index (χ0) is 29.3. The van der Waals surface area contributed by atoms with E-state index >= 15 is 0 Å². The molecule has 0 aliphatic rings. The fraction of sp³-hybridized carbons (Fsp3) is 0.206. The number of carbonyl (C=O) groups is 2. The second kappa shape index (κ2) is 13.6. The molecule has 5 rings (SSSR count). The maximum absolute atomic E-state index is 13.3. The minimum Gasteiger partial charge on any atom is -0.492 e. The van der Waals surface area contributed by atoms with Crippen LogP contribution in [0.25, 0.3) is 11.1 Å². The Hall–Kier alpha value is -4.95. The molecule has 1 unspecified atom stereocenters. The monoisotopic (exact) mass is 563 g/mol. The predicted molar refractivity (Wildman–Crippen MR) is 162 cm³/mol. The highest BCUT2D eigenvalue weighted by atomic mass is 16.5.